The van der Waals surface area contributed by atoms with Gasteiger partial charge >= 0.3 is 0 Å². The van der Waals surface area contributed by atoms with Crippen LogP contribution in [0.5, 0.6) is 11.5 Å². The van der Waals surface area contributed by atoms with Crippen molar-refractivity contribution in [3.05, 3.63) is 66.7 Å². The van der Waals surface area contributed by atoms with E-state index in [2.05, 4.69) is 0 Å². The summed E-state index contributed by atoms with van der Waals surface area (Å²) in [7, 11) is 3.34. The fourth-order valence-electron chi connectivity index (χ4n) is 2.45. The van der Waals surface area contributed by atoms with Gasteiger partial charge in [0.05, 0.1) is 25.6 Å². The Labute approximate surface area is 130 Å². The third-order valence-electron chi connectivity index (χ3n) is 3.51. The number of hydrogen-bond donors (Lipinski definition) is 0. The molecule has 0 aliphatic rings. The Morgan fingerprint density at radius 3 is 1.50 bits per heavy atom. The maximum atomic E-state index is 5.43. The topological polar surface area (TPSA) is 31.4 Å². The first kappa shape index (κ1) is 14.1. The monoisotopic (exact) mass is 291 g/mol. The van der Waals surface area contributed by atoms with Crippen molar-refractivity contribution >= 4 is 0 Å². The standard InChI is InChI=1S/C19H17NO2/c1-21-18-12-5-3-8-14(18)16-10-7-11-17(20-16)15-9-4-6-13-19(15)22-2/h3-13H,1-2H3. The predicted molar refractivity (Wildman–Crippen MR) is 88.2 cm³/mol. The lowest BCUT2D eigenvalue weighted by Gasteiger charge is -2.11. The molecule has 0 atom stereocenters. The molecule has 0 spiro atoms. The van der Waals surface area contributed by atoms with Crippen molar-refractivity contribution in [3.8, 4) is 34.0 Å². The minimum Gasteiger partial charge on any atom is -0.496 e. The van der Waals surface area contributed by atoms with E-state index in [-0.39, 0.29) is 0 Å². The molecule has 2 aromatic carbocycles. The molecule has 22 heavy (non-hydrogen) atoms. The lowest BCUT2D eigenvalue weighted by atomic mass is 10.1. The van der Waals surface area contributed by atoms with Gasteiger partial charge in [-0.05, 0) is 36.4 Å². The zero-order valence-corrected chi connectivity index (χ0v) is 12.6. The van der Waals surface area contributed by atoms with Crippen molar-refractivity contribution in [3.63, 3.8) is 0 Å². The number of hydrogen-bond acceptors (Lipinski definition) is 3. The maximum absolute atomic E-state index is 5.43. The van der Waals surface area contributed by atoms with E-state index in [0.29, 0.717) is 0 Å². The number of para-hydroxylation sites is 2. The molecule has 1 heterocycles. The summed E-state index contributed by atoms with van der Waals surface area (Å²) in [5, 5.41) is 0. The number of ether oxygens (including phenoxy) is 2. The molecule has 0 aliphatic heterocycles. The van der Waals surface area contributed by atoms with Gasteiger partial charge < -0.3 is 9.47 Å². The molecule has 0 saturated carbocycles. The summed E-state index contributed by atoms with van der Waals surface area (Å²) in [5.41, 5.74) is 3.70. The van der Waals surface area contributed by atoms with E-state index in [9.17, 15) is 0 Å². The van der Waals surface area contributed by atoms with Gasteiger partial charge in [-0.25, -0.2) is 4.98 Å². The molecule has 0 saturated heterocycles. The number of rotatable bonds is 4. The number of aromatic nitrogens is 1. The van der Waals surface area contributed by atoms with Crippen LogP contribution < -0.4 is 9.47 Å². The number of pyridine rings is 1. The number of benzene rings is 2. The second kappa shape index (κ2) is 6.31. The van der Waals surface area contributed by atoms with Gasteiger partial charge in [0.2, 0.25) is 0 Å². The average Bonchev–Trinajstić information content (AvgIpc) is 2.61. The van der Waals surface area contributed by atoms with Gasteiger partial charge in [0, 0.05) is 11.1 Å². The first-order valence-electron chi connectivity index (χ1n) is 7.07. The van der Waals surface area contributed by atoms with E-state index >= 15 is 0 Å². The normalized spacial score (nSPS) is 10.3. The van der Waals surface area contributed by atoms with Crippen LogP contribution in [0.1, 0.15) is 0 Å². The predicted octanol–water partition coefficient (Wildman–Crippen LogP) is 4.43. The summed E-state index contributed by atoms with van der Waals surface area (Å²) in [6.07, 6.45) is 0. The summed E-state index contributed by atoms with van der Waals surface area (Å²) in [5.74, 6) is 1.62. The molecular formula is C19H17NO2. The number of methoxy groups -OCH3 is 2. The second-order valence-corrected chi connectivity index (χ2v) is 4.81. The van der Waals surface area contributed by atoms with Gasteiger partial charge in [-0.2, -0.15) is 0 Å². The summed E-state index contributed by atoms with van der Waals surface area (Å²) >= 11 is 0. The number of nitrogens with zero attached hydrogens (tertiary/aromatic N) is 1. The van der Waals surface area contributed by atoms with Crippen molar-refractivity contribution < 1.29 is 9.47 Å². The first-order valence-corrected chi connectivity index (χ1v) is 7.07. The molecule has 0 N–H and O–H groups in total. The van der Waals surface area contributed by atoms with Crippen molar-refractivity contribution in [2.75, 3.05) is 14.2 Å². The molecular weight excluding hydrogens is 274 g/mol. The Bertz CT molecular complexity index is 721. The second-order valence-electron chi connectivity index (χ2n) is 4.81. The van der Waals surface area contributed by atoms with Crippen LogP contribution in [-0.4, -0.2) is 19.2 Å². The molecule has 0 bridgehead atoms. The molecule has 3 rings (SSSR count). The molecule has 3 aromatic rings. The molecule has 3 heteroatoms. The van der Waals surface area contributed by atoms with Crippen LogP contribution in [0.15, 0.2) is 66.7 Å². The highest BCUT2D eigenvalue weighted by Crippen LogP contribution is 2.32. The van der Waals surface area contributed by atoms with Crippen molar-refractivity contribution in [2.45, 2.75) is 0 Å². The molecule has 0 aliphatic carbocycles. The molecule has 1 aromatic heterocycles. The fraction of sp³-hybridized carbons (Fsp3) is 0.105. The fourth-order valence-corrected chi connectivity index (χ4v) is 2.45. The third kappa shape index (κ3) is 2.66. The van der Waals surface area contributed by atoms with E-state index in [1.165, 1.54) is 0 Å². The zero-order valence-electron chi connectivity index (χ0n) is 12.6. The van der Waals surface area contributed by atoms with Crippen LogP contribution in [0.4, 0.5) is 0 Å². The van der Waals surface area contributed by atoms with Crippen molar-refractivity contribution in [1.82, 2.24) is 4.98 Å². The molecule has 0 unspecified atom stereocenters. The Morgan fingerprint density at radius 1 is 0.591 bits per heavy atom. The molecule has 110 valence electrons. The van der Waals surface area contributed by atoms with Crippen LogP contribution in [0.2, 0.25) is 0 Å². The van der Waals surface area contributed by atoms with Crippen LogP contribution in [-0.2, 0) is 0 Å². The molecule has 0 amide bonds. The minimum absolute atomic E-state index is 0.812. The van der Waals surface area contributed by atoms with Crippen molar-refractivity contribution in [1.29, 1.82) is 0 Å². The van der Waals surface area contributed by atoms with Gasteiger partial charge in [-0.3, -0.25) is 0 Å². The Morgan fingerprint density at radius 2 is 1.05 bits per heavy atom. The van der Waals surface area contributed by atoms with E-state index in [0.717, 1.165) is 34.0 Å². The smallest absolute Gasteiger partial charge is 0.128 e. The van der Waals surface area contributed by atoms with Gasteiger partial charge in [-0.15, -0.1) is 0 Å². The van der Waals surface area contributed by atoms with Gasteiger partial charge in [0.15, 0.2) is 0 Å². The first-order chi connectivity index (χ1) is 10.8. The highest BCUT2D eigenvalue weighted by Gasteiger charge is 2.10. The lowest BCUT2D eigenvalue weighted by Crippen LogP contribution is -1.93. The summed E-state index contributed by atoms with van der Waals surface area (Å²) < 4.78 is 10.9. The van der Waals surface area contributed by atoms with Crippen LogP contribution in [0, 0.1) is 0 Å². The molecule has 0 fully saturated rings. The largest absolute Gasteiger partial charge is 0.496 e. The van der Waals surface area contributed by atoms with Crippen LogP contribution in [0.3, 0.4) is 0 Å². The molecule has 3 nitrogen and oxygen atoms in total. The highest BCUT2D eigenvalue weighted by molar-refractivity contribution is 5.72. The Kier molecular flexibility index (Phi) is 4.05. The summed E-state index contributed by atoms with van der Waals surface area (Å²) in [4.78, 5) is 4.77. The minimum atomic E-state index is 0.812. The van der Waals surface area contributed by atoms with Crippen LogP contribution >= 0.6 is 0 Å². The van der Waals surface area contributed by atoms with E-state index in [4.69, 9.17) is 14.5 Å². The summed E-state index contributed by atoms with van der Waals surface area (Å²) in [6, 6.07) is 21.7. The van der Waals surface area contributed by atoms with Gasteiger partial charge in [-0.1, -0.05) is 30.3 Å². The van der Waals surface area contributed by atoms with E-state index in [1.807, 2.05) is 66.7 Å². The quantitative estimate of drug-likeness (QED) is 0.712. The van der Waals surface area contributed by atoms with Gasteiger partial charge in [0.25, 0.3) is 0 Å². The van der Waals surface area contributed by atoms with E-state index < -0.39 is 0 Å². The average molecular weight is 291 g/mol. The van der Waals surface area contributed by atoms with E-state index in [1.54, 1.807) is 14.2 Å². The van der Waals surface area contributed by atoms with Crippen molar-refractivity contribution in [2.24, 2.45) is 0 Å². The van der Waals surface area contributed by atoms with Crippen LogP contribution in [0.25, 0.3) is 22.5 Å². The summed E-state index contributed by atoms with van der Waals surface area (Å²) in [6.45, 7) is 0. The zero-order chi connectivity index (χ0) is 15.4. The van der Waals surface area contributed by atoms with Gasteiger partial charge in [0.1, 0.15) is 11.5 Å². The highest BCUT2D eigenvalue weighted by atomic mass is 16.5. The Hall–Kier alpha value is -2.81. The molecule has 0 radical (unpaired) electrons. The maximum Gasteiger partial charge on any atom is 0.128 e. The lowest BCUT2D eigenvalue weighted by molar-refractivity contribution is 0.416. The third-order valence-corrected chi connectivity index (χ3v) is 3.51. The SMILES string of the molecule is COc1ccccc1-c1cccc(-c2ccccc2OC)n1. The Balaban J connectivity index is 2.10.